The minimum absolute atomic E-state index is 0.144. The molecule has 5 nitrogen and oxygen atoms in total. The van der Waals surface area contributed by atoms with Crippen molar-refractivity contribution < 1.29 is 9.53 Å². The van der Waals surface area contributed by atoms with Gasteiger partial charge in [-0.2, -0.15) is 5.26 Å². The standard InChI is InChI=1S/C25H17Cl2N3O2S/c1-29-22(24(31)30(25(29)33)19-9-3-2-4-10-19)13-16-11-20(26)23(21(27)12-16)32-15-18-8-6-5-7-17(18)14-28/h2-13H,15H2,1H3/b22-13-. The minimum Gasteiger partial charge on any atom is -0.486 e. The fourth-order valence-electron chi connectivity index (χ4n) is 3.42. The van der Waals surface area contributed by atoms with Gasteiger partial charge in [0.25, 0.3) is 5.91 Å². The van der Waals surface area contributed by atoms with Crippen LogP contribution in [-0.4, -0.2) is 23.0 Å². The zero-order valence-electron chi connectivity index (χ0n) is 17.5. The van der Waals surface area contributed by atoms with Crippen molar-refractivity contribution in [2.24, 2.45) is 0 Å². The third-order valence-corrected chi connectivity index (χ3v) is 6.13. The van der Waals surface area contributed by atoms with Crippen LogP contribution in [0.1, 0.15) is 16.7 Å². The lowest BCUT2D eigenvalue weighted by atomic mass is 10.1. The molecule has 1 fully saturated rings. The summed E-state index contributed by atoms with van der Waals surface area (Å²) in [5, 5.41) is 10.2. The molecule has 3 aromatic rings. The highest BCUT2D eigenvalue weighted by Gasteiger charge is 2.36. The third-order valence-electron chi connectivity index (χ3n) is 5.11. The maximum absolute atomic E-state index is 13.1. The predicted molar refractivity (Wildman–Crippen MR) is 134 cm³/mol. The van der Waals surface area contributed by atoms with Crippen molar-refractivity contribution in [3.63, 3.8) is 0 Å². The Morgan fingerprint density at radius 2 is 1.70 bits per heavy atom. The number of amides is 1. The summed E-state index contributed by atoms with van der Waals surface area (Å²) >= 11 is 18.4. The Labute approximate surface area is 207 Å². The second kappa shape index (κ2) is 9.63. The number of para-hydroxylation sites is 1. The van der Waals surface area contributed by atoms with Crippen molar-refractivity contribution in [2.45, 2.75) is 6.61 Å². The number of halogens is 2. The largest absolute Gasteiger partial charge is 0.486 e. The van der Waals surface area contributed by atoms with E-state index in [0.717, 1.165) is 5.56 Å². The Bertz CT molecular complexity index is 1300. The molecule has 0 radical (unpaired) electrons. The van der Waals surface area contributed by atoms with Crippen molar-refractivity contribution >= 4 is 58.2 Å². The molecule has 0 unspecified atom stereocenters. The van der Waals surface area contributed by atoms with Crippen LogP contribution in [0.4, 0.5) is 5.69 Å². The second-order valence-electron chi connectivity index (χ2n) is 7.22. The summed E-state index contributed by atoms with van der Waals surface area (Å²) in [4.78, 5) is 16.2. The number of hydrogen-bond acceptors (Lipinski definition) is 4. The summed E-state index contributed by atoms with van der Waals surface area (Å²) in [5.74, 6) is 0.0649. The molecule has 33 heavy (non-hydrogen) atoms. The lowest BCUT2D eigenvalue weighted by Crippen LogP contribution is -2.30. The number of ether oxygens (including phenoxy) is 1. The lowest BCUT2D eigenvalue weighted by molar-refractivity contribution is -0.114. The summed E-state index contributed by atoms with van der Waals surface area (Å²) < 4.78 is 5.81. The molecule has 0 spiro atoms. The Kier molecular flexibility index (Phi) is 6.66. The molecule has 1 aliphatic rings. The van der Waals surface area contributed by atoms with Gasteiger partial charge in [-0.1, -0.05) is 59.6 Å². The Morgan fingerprint density at radius 1 is 1.06 bits per heavy atom. The lowest BCUT2D eigenvalue weighted by Gasteiger charge is -2.16. The van der Waals surface area contributed by atoms with Crippen molar-refractivity contribution in [1.82, 2.24) is 4.90 Å². The molecule has 164 valence electrons. The average molecular weight is 494 g/mol. The molecule has 4 rings (SSSR count). The van der Waals surface area contributed by atoms with E-state index in [1.54, 1.807) is 42.3 Å². The predicted octanol–water partition coefficient (Wildman–Crippen LogP) is 6.05. The molecule has 0 aliphatic carbocycles. The van der Waals surface area contributed by atoms with Crippen molar-refractivity contribution in [3.8, 4) is 11.8 Å². The number of rotatable bonds is 5. The van der Waals surface area contributed by atoms with Crippen LogP contribution < -0.4 is 9.64 Å². The Morgan fingerprint density at radius 3 is 2.36 bits per heavy atom. The molecule has 8 heteroatoms. The van der Waals surface area contributed by atoms with Crippen LogP contribution in [0.15, 0.2) is 72.4 Å². The fraction of sp³-hybridized carbons (Fsp3) is 0.0800. The monoisotopic (exact) mass is 493 g/mol. The first kappa shape index (κ1) is 22.8. The molecule has 1 saturated heterocycles. The van der Waals surface area contributed by atoms with Gasteiger partial charge in [-0.05, 0) is 54.2 Å². The molecule has 0 bridgehead atoms. The number of anilines is 1. The van der Waals surface area contributed by atoms with Crippen LogP contribution in [0.3, 0.4) is 0 Å². The molecule has 0 saturated carbocycles. The van der Waals surface area contributed by atoms with Crippen molar-refractivity contribution in [1.29, 1.82) is 5.26 Å². The van der Waals surface area contributed by atoms with E-state index in [4.69, 9.17) is 40.2 Å². The second-order valence-corrected chi connectivity index (χ2v) is 8.40. The first-order valence-corrected chi connectivity index (χ1v) is 11.1. The maximum Gasteiger partial charge on any atom is 0.281 e. The molecular weight excluding hydrogens is 477 g/mol. The van der Waals surface area contributed by atoms with Crippen molar-refractivity contribution in [3.05, 3.63) is 99.2 Å². The first-order chi connectivity index (χ1) is 15.9. The van der Waals surface area contributed by atoms with E-state index < -0.39 is 0 Å². The smallest absolute Gasteiger partial charge is 0.281 e. The summed E-state index contributed by atoms with van der Waals surface area (Å²) in [6, 6.07) is 21.8. The van der Waals surface area contributed by atoms with E-state index in [-0.39, 0.29) is 12.5 Å². The molecular formula is C25H17Cl2N3O2S. The maximum atomic E-state index is 13.1. The van der Waals surface area contributed by atoms with Crippen molar-refractivity contribution in [2.75, 3.05) is 11.9 Å². The van der Waals surface area contributed by atoms with Gasteiger partial charge in [-0.25, -0.2) is 0 Å². The SMILES string of the molecule is CN1C(=S)N(c2ccccc2)C(=O)/C1=C/c1cc(Cl)c(OCc2ccccc2C#N)c(Cl)c1. The fourth-order valence-corrected chi connectivity index (χ4v) is 4.32. The Balaban J connectivity index is 1.60. The molecule has 1 amide bonds. The molecule has 0 atom stereocenters. The van der Waals surface area contributed by atoms with Gasteiger partial charge in [0.05, 0.1) is 27.4 Å². The summed E-state index contributed by atoms with van der Waals surface area (Å²) in [5.41, 5.74) is 2.97. The van der Waals surface area contributed by atoms with E-state index in [1.165, 1.54) is 4.90 Å². The number of hydrogen-bond donors (Lipinski definition) is 0. The molecule has 0 N–H and O–H groups in total. The zero-order chi connectivity index (χ0) is 23.5. The van der Waals surface area contributed by atoms with Gasteiger partial charge in [-0.15, -0.1) is 0 Å². The summed E-state index contributed by atoms with van der Waals surface area (Å²) in [6.07, 6.45) is 1.68. The van der Waals surface area contributed by atoms with Crippen LogP contribution in [0, 0.1) is 11.3 Å². The average Bonchev–Trinajstić information content (AvgIpc) is 3.02. The highest BCUT2D eigenvalue weighted by molar-refractivity contribution is 7.80. The van der Waals surface area contributed by atoms with Gasteiger partial charge in [0, 0.05) is 12.6 Å². The number of nitrogens with zero attached hydrogens (tertiary/aromatic N) is 3. The van der Waals surface area contributed by atoms with E-state index in [9.17, 15) is 10.1 Å². The number of nitriles is 1. The van der Waals surface area contributed by atoms with Gasteiger partial charge < -0.3 is 9.64 Å². The number of carbonyl (C=O) groups excluding carboxylic acids is 1. The van der Waals surface area contributed by atoms with Crippen LogP contribution >= 0.6 is 35.4 Å². The van der Waals surface area contributed by atoms with Crippen LogP contribution in [-0.2, 0) is 11.4 Å². The molecule has 1 heterocycles. The van der Waals surface area contributed by atoms with E-state index in [0.29, 0.717) is 43.4 Å². The van der Waals surface area contributed by atoms with E-state index in [1.807, 2.05) is 42.5 Å². The summed E-state index contributed by atoms with van der Waals surface area (Å²) in [7, 11) is 1.74. The third kappa shape index (κ3) is 4.57. The normalized spacial score (nSPS) is 14.7. The topological polar surface area (TPSA) is 56.6 Å². The number of thiocarbonyl (C=S) groups is 1. The van der Waals surface area contributed by atoms with E-state index in [2.05, 4.69) is 6.07 Å². The van der Waals surface area contributed by atoms with Gasteiger partial charge in [0.2, 0.25) is 0 Å². The van der Waals surface area contributed by atoms with Gasteiger partial charge in [-0.3, -0.25) is 9.69 Å². The molecule has 3 aromatic carbocycles. The Hall–Kier alpha value is -3.37. The highest BCUT2D eigenvalue weighted by atomic mass is 35.5. The van der Waals surface area contributed by atoms with Gasteiger partial charge >= 0.3 is 0 Å². The highest BCUT2D eigenvalue weighted by Crippen LogP contribution is 2.36. The number of benzene rings is 3. The quantitative estimate of drug-likeness (QED) is 0.319. The minimum atomic E-state index is -0.241. The van der Waals surface area contributed by atoms with Crippen LogP contribution in [0.5, 0.6) is 5.75 Å². The van der Waals surface area contributed by atoms with Crippen LogP contribution in [0.2, 0.25) is 10.0 Å². The molecule has 1 aliphatic heterocycles. The van der Waals surface area contributed by atoms with Gasteiger partial charge in [0.1, 0.15) is 12.3 Å². The summed E-state index contributed by atoms with van der Waals surface area (Å²) in [6.45, 7) is 0.144. The van der Waals surface area contributed by atoms with E-state index >= 15 is 0 Å². The first-order valence-electron chi connectivity index (χ1n) is 9.89. The number of carbonyl (C=O) groups is 1. The number of likely N-dealkylation sites (N-methyl/N-ethyl adjacent to an activating group) is 1. The van der Waals surface area contributed by atoms with Crippen LogP contribution in [0.25, 0.3) is 6.08 Å². The molecule has 0 aromatic heterocycles. The zero-order valence-corrected chi connectivity index (χ0v) is 19.8. The van der Waals surface area contributed by atoms with Gasteiger partial charge in [0.15, 0.2) is 10.9 Å².